The summed E-state index contributed by atoms with van der Waals surface area (Å²) in [5.41, 5.74) is -1.05. The second kappa shape index (κ2) is 5.75. The summed E-state index contributed by atoms with van der Waals surface area (Å²) >= 11 is 0. The van der Waals surface area contributed by atoms with Crippen LogP contribution in [0, 0.1) is 23.2 Å². The molecule has 2 nitrogen and oxygen atoms in total. The molecule has 4 bridgehead atoms. The van der Waals surface area contributed by atoms with E-state index < -0.39 is 17.6 Å². The minimum absolute atomic E-state index is 0.0809. The zero-order valence-corrected chi connectivity index (χ0v) is 14.4. The number of amides is 1. The quantitative estimate of drug-likeness (QED) is 0.812. The number of nitrogens with one attached hydrogen (secondary N) is 1. The van der Waals surface area contributed by atoms with Gasteiger partial charge in [0.15, 0.2) is 0 Å². The Kier molecular flexibility index (Phi) is 3.89. The number of benzene rings is 1. The lowest BCUT2D eigenvalue weighted by atomic mass is 9.48. The van der Waals surface area contributed by atoms with Crippen LogP contribution in [0.3, 0.4) is 0 Å². The number of rotatable bonds is 3. The standard InChI is InChI=1S/C20H24F3NO/c1-12(19-9-13-6-14(10-19)8-15(7-13)11-19)24-18(25)16-4-2-3-5-17(16)20(21,22)23/h2-5,12-15H,6-11H2,1H3,(H,24,25)/t12-,13?,14?,15?,19?/m1/s1. The van der Waals surface area contributed by atoms with E-state index >= 15 is 0 Å². The van der Waals surface area contributed by atoms with Crippen molar-refractivity contribution in [1.82, 2.24) is 5.32 Å². The lowest BCUT2D eigenvalue weighted by molar-refractivity contribution is -0.138. The van der Waals surface area contributed by atoms with E-state index in [-0.39, 0.29) is 17.0 Å². The lowest BCUT2D eigenvalue weighted by Gasteiger charge is -2.59. The van der Waals surface area contributed by atoms with Crippen LogP contribution in [-0.4, -0.2) is 11.9 Å². The zero-order chi connectivity index (χ0) is 17.8. The first-order valence-corrected chi connectivity index (χ1v) is 9.24. The summed E-state index contributed by atoms with van der Waals surface area (Å²) in [6.45, 7) is 1.99. The second-order valence-corrected chi connectivity index (χ2v) is 8.52. The highest BCUT2D eigenvalue weighted by atomic mass is 19.4. The third-order valence-corrected chi connectivity index (χ3v) is 6.83. The minimum Gasteiger partial charge on any atom is -0.349 e. The van der Waals surface area contributed by atoms with Crippen molar-refractivity contribution in [1.29, 1.82) is 0 Å². The van der Waals surface area contributed by atoms with Gasteiger partial charge in [-0.25, -0.2) is 0 Å². The Labute approximate surface area is 146 Å². The van der Waals surface area contributed by atoms with Gasteiger partial charge in [0.2, 0.25) is 0 Å². The van der Waals surface area contributed by atoms with E-state index in [0.29, 0.717) is 0 Å². The third kappa shape index (κ3) is 2.96. The Morgan fingerprint density at radius 1 is 1.08 bits per heavy atom. The molecule has 1 aromatic rings. The molecule has 5 heteroatoms. The van der Waals surface area contributed by atoms with Crippen molar-refractivity contribution >= 4 is 5.91 Å². The largest absolute Gasteiger partial charge is 0.417 e. The van der Waals surface area contributed by atoms with Crippen molar-refractivity contribution in [2.24, 2.45) is 23.2 Å². The summed E-state index contributed by atoms with van der Waals surface area (Å²) in [5, 5.41) is 2.93. The molecule has 0 radical (unpaired) electrons. The Bertz CT molecular complexity index is 646. The van der Waals surface area contributed by atoms with E-state index in [1.165, 1.54) is 37.5 Å². The molecule has 5 rings (SSSR count). The van der Waals surface area contributed by atoms with Gasteiger partial charge in [-0.2, -0.15) is 13.2 Å². The molecular formula is C20H24F3NO. The van der Waals surface area contributed by atoms with E-state index in [9.17, 15) is 18.0 Å². The molecule has 1 aromatic carbocycles. The average Bonchev–Trinajstić information content (AvgIpc) is 2.52. The van der Waals surface area contributed by atoms with Crippen LogP contribution in [0.15, 0.2) is 24.3 Å². The van der Waals surface area contributed by atoms with Crippen LogP contribution >= 0.6 is 0 Å². The average molecular weight is 351 g/mol. The molecule has 1 atom stereocenters. The monoisotopic (exact) mass is 351 g/mol. The highest BCUT2D eigenvalue weighted by molar-refractivity contribution is 5.96. The van der Waals surface area contributed by atoms with E-state index in [1.54, 1.807) is 0 Å². The second-order valence-electron chi connectivity index (χ2n) is 8.52. The van der Waals surface area contributed by atoms with E-state index in [0.717, 1.165) is 43.1 Å². The minimum atomic E-state index is -4.52. The molecule has 25 heavy (non-hydrogen) atoms. The van der Waals surface area contributed by atoms with Crippen LogP contribution in [0.5, 0.6) is 0 Å². The Morgan fingerprint density at radius 2 is 1.60 bits per heavy atom. The fraction of sp³-hybridized carbons (Fsp3) is 0.650. The van der Waals surface area contributed by atoms with E-state index in [1.807, 2.05) is 6.92 Å². The topological polar surface area (TPSA) is 29.1 Å². The van der Waals surface area contributed by atoms with Crippen LogP contribution in [0.25, 0.3) is 0 Å². The zero-order valence-electron chi connectivity index (χ0n) is 14.4. The Morgan fingerprint density at radius 3 is 2.12 bits per heavy atom. The van der Waals surface area contributed by atoms with E-state index in [2.05, 4.69) is 5.32 Å². The molecule has 4 saturated carbocycles. The highest BCUT2D eigenvalue weighted by Gasteiger charge is 2.53. The predicted molar refractivity (Wildman–Crippen MR) is 89.0 cm³/mol. The SMILES string of the molecule is C[C@@H](NC(=O)c1ccccc1C(F)(F)F)C12CC3CC(CC(C3)C1)C2. The van der Waals surface area contributed by atoms with Gasteiger partial charge < -0.3 is 5.32 Å². The molecule has 0 aliphatic heterocycles. The van der Waals surface area contributed by atoms with Crippen LogP contribution < -0.4 is 5.32 Å². The first kappa shape index (κ1) is 16.9. The van der Waals surface area contributed by atoms with Gasteiger partial charge in [0.05, 0.1) is 11.1 Å². The number of hydrogen-bond donors (Lipinski definition) is 1. The van der Waals surface area contributed by atoms with Gasteiger partial charge in [-0.3, -0.25) is 4.79 Å². The lowest BCUT2D eigenvalue weighted by Crippen LogP contribution is -2.55. The maximum Gasteiger partial charge on any atom is 0.417 e. The molecule has 0 unspecified atom stereocenters. The maximum absolute atomic E-state index is 13.2. The summed E-state index contributed by atoms with van der Waals surface area (Å²) in [6.07, 6.45) is 2.73. The van der Waals surface area contributed by atoms with E-state index in [4.69, 9.17) is 0 Å². The molecule has 4 aliphatic rings. The predicted octanol–water partition coefficient (Wildman–Crippen LogP) is 5.04. The summed E-state index contributed by atoms with van der Waals surface area (Å²) in [4.78, 5) is 12.6. The van der Waals surface area contributed by atoms with Gasteiger partial charge >= 0.3 is 6.18 Å². The van der Waals surface area contributed by atoms with Crippen molar-refractivity contribution < 1.29 is 18.0 Å². The molecule has 1 amide bonds. The molecule has 4 fully saturated rings. The van der Waals surface area contributed by atoms with Crippen molar-refractivity contribution in [2.75, 3.05) is 0 Å². The maximum atomic E-state index is 13.2. The van der Waals surface area contributed by atoms with Crippen molar-refractivity contribution in [3.05, 3.63) is 35.4 Å². The van der Waals surface area contributed by atoms with Gasteiger partial charge in [-0.15, -0.1) is 0 Å². The van der Waals surface area contributed by atoms with Crippen molar-refractivity contribution in [2.45, 2.75) is 57.7 Å². The molecule has 4 aliphatic carbocycles. The van der Waals surface area contributed by atoms with Gasteiger partial charge in [-0.05, 0) is 80.8 Å². The van der Waals surface area contributed by atoms with Gasteiger partial charge in [-0.1, -0.05) is 12.1 Å². The molecule has 0 saturated heterocycles. The van der Waals surface area contributed by atoms with Crippen LogP contribution in [0.1, 0.15) is 61.4 Å². The summed E-state index contributed by atoms with van der Waals surface area (Å²) in [7, 11) is 0. The normalized spacial score (nSPS) is 34.8. The first-order chi connectivity index (χ1) is 11.8. The van der Waals surface area contributed by atoms with Crippen LogP contribution in [0.2, 0.25) is 0 Å². The summed E-state index contributed by atoms with van der Waals surface area (Å²) in [6, 6.07) is 4.96. The van der Waals surface area contributed by atoms with Crippen molar-refractivity contribution in [3.63, 3.8) is 0 Å². The number of carbonyl (C=O) groups is 1. The Balaban J connectivity index is 1.54. The van der Waals surface area contributed by atoms with Gasteiger partial charge in [0.1, 0.15) is 0 Å². The number of alkyl halides is 3. The smallest absolute Gasteiger partial charge is 0.349 e. The Hall–Kier alpha value is -1.52. The number of halogens is 3. The van der Waals surface area contributed by atoms with Crippen LogP contribution in [-0.2, 0) is 6.18 Å². The fourth-order valence-electron chi connectivity index (χ4n) is 6.06. The molecule has 0 spiro atoms. The van der Waals surface area contributed by atoms with Gasteiger partial charge in [0, 0.05) is 6.04 Å². The first-order valence-electron chi connectivity index (χ1n) is 9.24. The van der Waals surface area contributed by atoms with Crippen LogP contribution in [0.4, 0.5) is 13.2 Å². The number of carbonyl (C=O) groups excluding carboxylic acids is 1. The fourth-order valence-corrected chi connectivity index (χ4v) is 6.06. The number of hydrogen-bond acceptors (Lipinski definition) is 1. The molecular weight excluding hydrogens is 327 g/mol. The molecule has 1 N–H and O–H groups in total. The third-order valence-electron chi connectivity index (χ3n) is 6.83. The van der Waals surface area contributed by atoms with Gasteiger partial charge in [0.25, 0.3) is 5.91 Å². The highest BCUT2D eigenvalue weighted by Crippen LogP contribution is 2.61. The summed E-state index contributed by atoms with van der Waals surface area (Å²) < 4.78 is 39.5. The molecule has 0 aromatic heterocycles. The summed E-state index contributed by atoms with van der Waals surface area (Å²) in [5.74, 6) is 1.63. The molecule has 136 valence electrons. The molecule has 0 heterocycles. The van der Waals surface area contributed by atoms with Crippen molar-refractivity contribution in [3.8, 4) is 0 Å².